The van der Waals surface area contributed by atoms with Gasteiger partial charge in [-0.1, -0.05) is 25.4 Å². The summed E-state index contributed by atoms with van der Waals surface area (Å²) in [6, 6.07) is 2.57. The molecule has 12 nitrogen and oxygen atoms in total. The quantitative estimate of drug-likeness (QED) is 0.249. The molecule has 4 aliphatic rings. The highest BCUT2D eigenvalue weighted by atomic mass is 35.5. The van der Waals surface area contributed by atoms with Crippen molar-refractivity contribution in [3.63, 3.8) is 0 Å². The van der Waals surface area contributed by atoms with Gasteiger partial charge in [0.25, 0.3) is 0 Å². The number of carbonyl (C=O) groups excluding carboxylic acids is 1. The van der Waals surface area contributed by atoms with Crippen LogP contribution in [0.1, 0.15) is 45.6 Å². The number of fused-ring (bicyclic) bond motifs is 7. The third-order valence-corrected chi connectivity index (χ3v) is 8.67. The Labute approximate surface area is 272 Å². The third-order valence-electron chi connectivity index (χ3n) is 8.33. The monoisotopic (exact) mass is 657 g/mol. The summed E-state index contributed by atoms with van der Waals surface area (Å²) in [5, 5.41) is 8.44. The smallest absolute Gasteiger partial charge is 0.467 e. The number of rotatable bonds is 1. The number of ether oxygens (including phenoxy) is 4. The minimum absolute atomic E-state index is 0.0125. The van der Waals surface area contributed by atoms with Crippen LogP contribution in [-0.2, 0) is 20.6 Å². The lowest BCUT2D eigenvalue weighted by Crippen LogP contribution is -2.36. The highest BCUT2D eigenvalue weighted by Crippen LogP contribution is 2.39. The molecule has 4 aliphatic heterocycles. The molecule has 0 saturated carbocycles. The molecule has 8 rings (SSSR count). The number of likely N-dealkylation sites (tertiary alicyclic amines) is 1. The summed E-state index contributed by atoms with van der Waals surface area (Å²) in [5.74, 6) is -0.248. The van der Waals surface area contributed by atoms with Gasteiger partial charge in [-0.2, -0.15) is 15.1 Å². The lowest BCUT2D eigenvalue weighted by Gasteiger charge is -2.26. The van der Waals surface area contributed by atoms with Crippen LogP contribution in [0.3, 0.4) is 0 Å². The van der Waals surface area contributed by atoms with Gasteiger partial charge in [0.2, 0.25) is 0 Å². The van der Waals surface area contributed by atoms with Crippen LogP contribution in [0.5, 0.6) is 6.01 Å². The molecule has 2 fully saturated rings. The number of pyridine rings is 1. The second-order valence-corrected chi connectivity index (χ2v) is 11.6. The molecule has 0 aliphatic carbocycles. The van der Waals surface area contributed by atoms with E-state index in [4.69, 9.17) is 30.5 Å². The third kappa shape index (κ3) is 7.11. The number of benzene rings is 1. The van der Waals surface area contributed by atoms with Gasteiger partial charge in [-0.15, -0.1) is 0 Å². The zero-order valence-electron chi connectivity index (χ0n) is 26.9. The van der Waals surface area contributed by atoms with Gasteiger partial charge in [-0.25, -0.2) is 9.18 Å². The molecule has 4 aromatic rings. The van der Waals surface area contributed by atoms with E-state index in [2.05, 4.69) is 44.0 Å². The number of nitrogens with zero attached hydrogens (tertiary/aromatic N) is 6. The van der Waals surface area contributed by atoms with E-state index >= 15 is 4.39 Å². The second kappa shape index (κ2) is 15.2. The fourth-order valence-electron chi connectivity index (χ4n) is 5.84. The minimum atomic E-state index is -0.791. The van der Waals surface area contributed by atoms with Crippen LogP contribution in [0.15, 0.2) is 18.5 Å². The first-order valence-electron chi connectivity index (χ1n) is 15.8. The van der Waals surface area contributed by atoms with Crippen molar-refractivity contribution in [3.05, 3.63) is 34.9 Å². The van der Waals surface area contributed by atoms with Gasteiger partial charge >= 0.3 is 12.2 Å². The van der Waals surface area contributed by atoms with E-state index in [1.54, 1.807) is 18.5 Å². The molecule has 2 unspecified atom stereocenters. The van der Waals surface area contributed by atoms with Crippen LogP contribution in [-0.4, -0.2) is 102 Å². The van der Waals surface area contributed by atoms with Gasteiger partial charge in [-0.05, 0) is 57.8 Å². The Hall–Kier alpha value is -3.81. The Morgan fingerprint density at radius 2 is 1.96 bits per heavy atom. The van der Waals surface area contributed by atoms with Crippen molar-refractivity contribution in [1.29, 1.82) is 0 Å². The standard InChI is InChI=1S/C24H22ClFN6O5.C6H13N.C2H6/c1-34-23-29-20-15-8-27-21(19(20)26)18-13(16(25)7-17-14(18)9-28-31-17)3-2-5-36-24(33)37-12-10-32(22(15)30-23)4-6-35-11-12;1-6-4-3-5-7(6)2;1-2/h7-9,12H,2-6,10-11H2,1H3,(H,28,31);6H,3-5H2,1-2H3;1-2H3. The fourth-order valence-corrected chi connectivity index (χ4v) is 6.14. The van der Waals surface area contributed by atoms with E-state index in [0.717, 1.165) is 6.04 Å². The molecule has 46 heavy (non-hydrogen) atoms. The maximum absolute atomic E-state index is 16.4. The van der Waals surface area contributed by atoms with Gasteiger partial charge in [0.05, 0.1) is 50.6 Å². The fraction of sp³-hybridized carbons (Fsp3) is 0.531. The van der Waals surface area contributed by atoms with Crippen LogP contribution < -0.4 is 9.64 Å². The molecule has 2 atom stereocenters. The molecule has 0 amide bonds. The first-order valence-corrected chi connectivity index (χ1v) is 16.1. The lowest BCUT2D eigenvalue weighted by molar-refractivity contribution is -0.00448. The summed E-state index contributed by atoms with van der Waals surface area (Å²) in [7, 11) is 3.60. The SMILES string of the molecule is CC.CC1CCCN1C.COc1nc2c3cnc(c(F)c3n1)-c1c(c(Cl)cc3[nH]ncc13)CCCOC(=O)OC1COCCN2C1. The van der Waals surface area contributed by atoms with Crippen molar-refractivity contribution in [1.82, 2.24) is 30.0 Å². The second-order valence-electron chi connectivity index (χ2n) is 11.2. The highest BCUT2D eigenvalue weighted by Gasteiger charge is 2.29. The minimum Gasteiger partial charge on any atom is -0.467 e. The number of methoxy groups -OCH3 is 1. The average Bonchev–Trinajstić information content (AvgIpc) is 3.61. The predicted molar refractivity (Wildman–Crippen MR) is 174 cm³/mol. The number of hydrogen-bond acceptors (Lipinski definition) is 11. The first-order chi connectivity index (χ1) is 22.3. The summed E-state index contributed by atoms with van der Waals surface area (Å²) >= 11 is 6.65. The molecule has 248 valence electrons. The van der Waals surface area contributed by atoms with E-state index in [-0.39, 0.29) is 37.0 Å². The summed E-state index contributed by atoms with van der Waals surface area (Å²) in [6.45, 7) is 8.88. The van der Waals surface area contributed by atoms with Crippen LogP contribution in [0.2, 0.25) is 5.02 Å². The molecule has 0 radical (unpaired) electrons. The summed E-state index contributed by atoms with van der Waals surface area (Å²) in [5.41, 5.74) is 1.90. The molecule has 1 aromatic carbocycles. The van der Waals surface area contributed by atoms with Gasteiger partial charge in [0, 0.05) is 34.8 Å². The average molecular weight is 658 g/mol. The van der Waals surface area contributed by atoms with Crippen LogP contribution in [0.25, 0.3) is 33.1 Å². The number of aromatic nitrogens is 5. The zero-order chi connectivity index (χ0) is 32.8. The Morgan fingerprint density at radius 3 is 2.67 bits per heavy atom. The van der Waals surface area contributed by atoms with E-state index in [1.807, 2.05) is 18.7 Å². The molecule has 3 aromatic heterocycles. The Morgan fingerprint density at radius 1 is 1.13 bits per heavy atom. The highest BCUT2D eigenvalue weighted by molar-refractivity contribution is 6.33. The predicted octanol–water partition coefficient (Wildman–Crippen LogP) is 5.80. The molecule has 7 heterocycles. The normalized spacial score (nSPS) is 20.2. The van der Waals surface area contributed by atoms with E-state index in [1.165, 1.54) is 26.5 Å². The number of hydrogen-bond donors (Lipinski definition) is 1. The molecule has 1 N–H and O–H groups in total. The maximum Gasteiger partial charge on any atom is 0.508 e. The van der Waals surface area contributed by atoms with Crippen molar-refractivity contribution in [2.45, 2.75) is 58.6 Å². The number of halogens is 2. The number of aromatic amines is 1. The molecule has 6 bridgehead atoms. The van der Waals surface area contributed by atoms with Crippen LogP contribution in [0, 0.1) is 5.82 Å². The summed E-state index contributed by atoms with van der Waals surface area (Å²) in [4.78, 5) is 30.0. The molecule has 14 heteroatoms. The number of carbonyl (C=O) groups is 1. The lowest BCUT2D eigenvalue weighted by atomic mass is 9.95. The summed E-state index contributed by atoms with van der Waals surface area (Å²) in [6.07, 6.45) is 5.34. The van der Waals surface area contributed by atoms with Crippen molar-refractivity contribution >= 4 is 45.4 Å². The van der Waals surface area contributed by atoms with Crippen LogP contribution in [0.4, 0.5) is 15.0 Å². The van der Waals surface area contributed by atoms with Gasteiger partial charge < -0.3 is 28.7 Å². The topological polar surface area (TPSA) is 128 Å². The number of nitrogens with one attached hydrogen (secondary N) is 1. The summed E-state index contributed by atoms with van der Waals surface area (Å²) < 4.78 is 38.1. The maximum atomic E-state index is 16.4. The molecule has 0 spiro atoms. The van der Waals surface area contributed by atoms with Gasteiger partial charge in [0.15, 0.2) is 5.82 Å². The first kappa shape index (κ1) is 33.6. The van der Waals surface area contributed by atoms with Gasteiger partial charge in [-0.3, -0.25) is 10.1 Å². The van der Waals surface area contributed by atoms with Crippen molar-refractivity contribution in [2.75, 3.05) is 58.5 Å². The van der Waals surface area contributed by atoms with Crippen LogP contribution >= 0.6 is 11.6 Å². The molecular weight excluding hydrogens is 617 g/mol. The number of H-pyrrole nitrogens is 1. The molecular formula is C32H41ClFN7O5. The van der Waals surface area contributed by atoms with Gasteiger partial charge in [0.1, 0.15) is 23.1 Å². The van der Waals surface area contributed by atoms with E-state index in [0.29, 0.717) is 64.2 Å². The largest absolute Gasteiger partial charge is 0.508 e. The van der Waals surface area contributed by atoms with E-state index in [9.17, 15) is 4.79 Å². The van der Waals surface area contributed by atoms with Crippen molar-refractivity contribution in [3.8, 4) is 17.3 Å². The Balaban J connectivity index is 0.000000406. The Bertz CT molecular complexity index is 1660. The number of anilines is 1. The zero-order valence-corrected chi connectivity index (χ0v) is 27.7. The van der Waals surface area contributed by atoms with Crippen molar-refractivity contribution < 1.29 is 28.1 Å². The van der Waals surface area contributed by atoms with E-state index < -0.39 is 18.1 Å². The molecule has 2 saturated heterocycles. The Kier molecular flexibility index (Phi) is 11.1. The van der Waals surface area contributed by atoms with Crippen molar-refractivity contribution in [2.24, 2.45) is 0 Å².